The number of aliphatic hydroxyl groups excluding tert-OH is 1. The van der Waals surface area contributed by atoms with Crippen LogP contribution in [0.1, 0.15) is 39.5 Å². The van der Waals surface area contributed by atoms with E-state index in [-0.39, 0.29) is 24.0 Å². The van der Waals surface area contributed by atoms with E-state index < -0.39 is 6.09 Å². The van der Waals surface area contributed by atoms with Crippen LogP contribution in [0.4, 0.5) is 4.79 Å². The fraction of sp³-hybridized carbons (Fsp3) is 0.800. The van der Waals surface area contributed by atoms with Crippen molar-refractivity contribution in [2.45, 2.75) is 45.6 Å². The van der Waals surface area contributed by atoms with E-state index in [1.54, 1.807) is 0 Å². The number of ether oxygens (including phenoxy) is 1. The Balaban J connectivity index is 1.60. The molecule has 152 valence electrons. The van der Waals surface area contributed by atoms with Crippen molar-refractivity contribution in [1.29, 1.82) is 0 Å². The number of hydrogen-bond donors (Lipinski definition) is 1. The van der Waals surface area contributed by atoms with Crippen LogP contribution in [0.2, 0.25) is 0 Å². The summed E-state index contributed by atoms with van der Waals surface area (Å²) in [4.78, 5) is 30.1. The van der Waals surface area contributed by atoms with Crippen LogP contribution in [0.15, 0.2) is 11.6 Å². The van der Waals surface area contributed by atoms with E-state index in [1.807, 2.05) is 4.90 Å². The summed E-state index contributed by atoms with van der Waals surface area (Å²) in [6, 6.07) is 0. The highest BCUT2D eigenvalue weighted by molar-refractivity contribution is 5.83. The molecule has 0 aromatic heterocycles. The number of carbonyl (C=O) groups is 2. The molecule has 0 aromatic carbocycles. The molecule has 0 aromatic rings. The standard InChI is InChI=1S/C20H33N3O4/c1-16(2)5-3-8-21-10-6-17(24)20(14-21)7-4-9-23(15-20)18(25)13-22-11-12-27-19(22)26/h5,17,24H,3-4,6-15H2,1-2H3/t17-,20-/m1/s1. The van der Waals surface area contributed by atoms with Crippen molar-refractivity contribution in [2.24, 2.45) is 5.41 Å². The lowest BCUT2D eigenvalue weighted by Gasteiger charge is -2.51. The van der Waals surface area contributed by atoms with Gasteiger partial charge in [-0.15, -0.1) is 0 Å². The minimum Gasteiger partial charge on any atom is -0.448 e. The van der Waals surface area contributed by atoms with E-state index in [0.29, 0.717) is 26.2 Å². The van der Waals surface area contributed by atoms with Gasteiger partial charge in [-0.05, 0) is 39.5 Å². The van der Waals surface area contributed by atoms with Crippen molar-refractivity contribution < 1.29 is 19.4 Å². The summed E-state index contributed by atoms with van der Waals surface area (Å²) < 4.78 is 4.91. The van der Waals surface area contributed by atoms with Crippen LogP contribution in [-0.2, 0) is 9.53 Å². The summed E-state index contributed by atoms with van der Waals surface area (Å²) in [5, 5.41) is 10.8. The van der Waals surface area contributed by atoms with Gasteiger partial charge in [0.15, 0.2) is 0 Å². The number of nitrogens with zero attached hydrogens (tertiary/aromatic N) is 3. The second-order valence-electron chi connectivity index (χ2n) is 8.47. The number of rotatable bonds is 5. The van der Waals surface area contributed by atoms with E-state index in [0.717, 1.165) is 45.3 Å². The Morgan fingerprint density at radius 1 is 1.30 bits per heavy atom. The van der Waals surface area contributed by atoms with Gasteiger partial charge in [0.2, 0.25) is 5.91 Å². The van der Waals surface area contributed by atoms with E-state index in [4.69, 9.17) is 4.74 Å². The summed E-state index contributed by atoms with van der Waals surface area (Å²) in [6.45, 7) is 9.16. The topological polar surface area (TPSA) is 73.3 Å². The number of cyclic esters (lactones) is 1. The van der Waals surface area contributed by atoms with Gasteiger partial charge in [-0.25, -0.2) is 4.79 Å². The molecule has 0 saturated carbocycles. The number of carbonyl (C=O) groups excluding carboxylic acids is 2. The van der Waals surface area contributed by atoms with Crippen molar-refractivity contribution in [3.63, 3.8) is 0 Å². The lowest BCUT2D eigenvalue weighted by molar-refractivity contribution is -0.141. The SMILES string of the molecule is CC(C)=CCCN1CC[C@@H](O)[C@]2(CCCN(C(=O)CN3CCOC3=O)C2)C1. The Bertz CT molecular complexity index is 590. The van der Waals surface area contributed by atoms with Crippen LogP contribution in [0.5, 0.6) is 0 Å². The molecule has 3 fully saturated rings. The molecule has 27 heavy (non-hydrogen) atoms. The normalized spacial score (nSPS) is 29.1. The summed E-state index contributed by atoms with van der Waals surface area (Å²) in [5.41, 5.74) is 1.08. The molecule has 2 amide bonds. The van der Waals surface area contributed by atoms with Crippen molar-refractivity contribution in [3.05, 3.63) is 11.6 Å². The van der Waals surface area contributed by atoms with Crippen LogP contribution >= 0.6 is 0 Å². The van der Waals surface area contributed by atoms with Crippen LogP contribution in [-0.4, -0.2) is 90.3 Å². The first-order valence-electron chi connectivity index (χ1n) is 10.1. The second kappa shape index (κ2) is 8.61. The van der Waals surface area contributed by atoms with Gasteiger partial charge in [-0.1, -0.05) is 11.6 Å². The molecule has 3 saturated heterocycles. The molecule has 0 radical (unpaired) electrons. The molecule has 3 rings (SSSR count). The van der Waals surface area contributed by atoms with Crippen molar-refractivity contribution in [3.8, 4) is 0 Å². The highest BCUT2D eigenvalue weighted by Gasteiger charge is 2.46. The fourth-order valence-corrected chi connectivity index (χ4v) is 4.57. The highest BCUT2D eigenvalue weighted by Crippen LogP contribution is 2.39. The molecule has 3 aliphatic rings. The molecule has 7 nitrogen and oxygen atoms in total. The maximum Gasteiger partial charge on any atom is 0.410 e. The first kappa shape index (κ1) is 20.1. The van der Waals surface area contributed by atoms with Crippen molar-refractivity contribution >= 4 is 12.0 Å². The maximum atomic E-state index is 12.7. The van der Waals surface area contributed by atoms with E-state index in [1.165, 1.54) is 10.5 Å². The van der Waals surface area contributed by atoms with Crippen molar-refractivity contribution in [1.82, 2.24) is 14.7 Å². The number of amides is 2. The number of piperidine rings is 2. The summed E-state index contributed by atoms with van der Waals surface area (Å²) in [5.74, 6) is -0.0400. The highest BCUT2D eigenvalue weighted by atomic mass is 16.6. The predicted octanol–water partition coefficient (Wildman–Crippen LogP) is 1.47. The van der Waals surface area contributed by atoms with Gasteiger partial charge >= 0.3 is 6.09 Å². The third kappa shape index (κ3) is 4.82. The Kier molecular flexibility index (Phi) is 6.42. The number of hydrogen-bond acceptors (Lipinski definition) is 5. The Morgan fingerprint density at radius 2 is 2.11 bits per heavy atom. The van der Waals surface area contributed by atoms with Gasteiger partial charge in [-0.2, -0.15) is 0 Å². The monoisotopic (exact) mass is 379 g/mol. The van der Waals surface area contributed by atoms with Crippen LogP contribution in [0.25, 0.3) is 0 Å². The van der Waals surface area contributed by atoms with Crippen molar-refractivity contribution in [2.75, 3.05) is 52.4 Å². The number of likely N-dealkylation sites (tertiary alicyclic amines) is 2. The summed E-state index contributed by atoms with van der Waals surface area (Å²) in [7, 11) is 0. The Hall–Kier alpha value is -1.60. The lowest BCUT2D eigenvalue weighted by atomic mass is 9.71. The quantitative estimate of drug-likeness (QED) is 0.733. The smallest absolute Gasteiger partial charge is 0.410 e. The first-order chi connectivity index (χ1) is 12.9. The van der Waals surface area contributed by atoms with Crippen LogP contribution in [0, 0.1) is 5.41 Å². The van der Waals surface area contributed by atoms with Gasteiger partial charge in [-0.3, -0.25) is 9.69 Å². The zero-order valence-electron chi connectivity index (χ0n) is 16.7. The Labute approximate surface area is 161 Å². The molecule has 2 atom stereocenters. The second-order valence-corrected chi connectivity index (χ2v) is 8.47. The Morgan fingerprint density at radius 3 is 2.81 bits per heavy atom. The minimum absolute atomic E-state index is 0.0400. The molecular formula is C20H33N3O4. The van der Waals surface area contributed by atoms with Gasteiger partial charge in [0, 0.05) is 38.1 Å². The number of aliphatic hydroxyl groups is 1. The maximum absolute atomic E-state index is 12.7. The summed E-state index contributed by atoms with van der Waals surface area (Å²) in [6.07, 6.45) is 5.10. The minimum atomic E-state index is -0.404. The van der Waals surface area contributed by atoms with E-state index >= 15 is 0 Å². The van der Waals surface area contributed by atoms with Crippen LogP contribution in [0.3, 0.4) is 0 Å². The molecule has 1 N–H and O–H groups in total. The summed E-state index contributed by atoms with van der Waals surface area (Å²) >= 11 is 0. The predicted molar refractivity (Wildman–Crippen MR) is 102 cm³/mol. The fourth-order valence-electron chi connectivity index (χ4n) is 4.57. The van der Waals surface area contributed by atoms with Gasteiger partial charge < -0.3 is 19.6 Å². The van der Waals surface area contributed by atoms with Gasteiger partial charge in [0.1, 0.15) is 13.2 Å². The van der Waals surface area contributed by atoms with Gasteiger partial charge in [0.25, 0.3) is 0 Å². The molecule has 0 unspecified atom stereocenters. The lowest BCUT2D eigenvalue weighted by Crippen LogP contribution is -2.60. The van der Waals surface area contributed by atoms with E-state index in [2.05, 4.69) is 24.8 Å². The molecule has 3 heterocycles. The third-order valence-electron chi connectivity index (χ3n) is 6.09. The molecular weight excluding hydrogens is 346 g/mol. The molecule has 0 bridgehead atoms. The van der Waals surface area contributed by atoms with E-state index in [9.17, 15) is 14.7 Å². The number of allylic oxidation sites excluding steroid dienone is 1. The first-order valence-corrected chi connectivity index (χ1v) is 10.1. The largest absolute Gasteiger partial charge is 0.448 e. The molecule has 3 aliphatic heterocycles. The third-order valence-corrected chi connectivity index (χ3v) is 6.09. The average Bonchev–Trinajstić information content (AvgIpc) is 3.03. The average molecular weight is 380 g/mol. The molecule has 7 heteroatoms. The molecule has 0 aliphatic carbocycles. The van der Waals surface area contributed by atoms with Gasteiger partial charge in [0.05, 0.1) is 12.6 Å². The van der Waals surface area contributed by atoms with Crippen LogP contribution < -0.4 is 0 Å². The molecule has 1 spiro atoms. The zero-order valence-corrected chi connectivity index (χ0v) is 16.7. The zero-order chi connectivity index (χ0) is 19.4.